The van der Waals surface area contributed by atoms with Crippen LogP contribution in [0, 0.1) is 25.7 Å². The van der Waals surface area contributed by atoms with Gasteiger partial charge in [-0.25, -0.2) is 4.98 Å². The van der Waals surface area contributed by atoms with Gasteiger partial charge in [-0.1, -0.05) is 12.5 Å². The monoisotopic (exact) mass is 285 g/mol. The highest BCUT2D eigenvalue weighted by Gasteiger charge is 2.42. The zero-order valence-corrected chi connectivity index (χ0v) is 13.4. The molecule has 1 aliphatic heterocycles. The first kappa shape index (κ1) is 13.6. The molecule has 21 heavy (non-hydrogen) atoms. The van der Waals surface area contributed by atoms with Crippen LogP contribution in [0.25, 0.3) is 0 Å². The third-order valence-corrected chi connectivity index (χ3v) is 5.97. The zero-order chi connectivity index (χ0) is 14.4. The molecule has 0 radical (unpaired) electrons. The van der Waals surface area contributed by atoms with Crippen LogP contribution < -0.4 is 4.90 Å². The predicted molar refractivity (Wildman–Crippen MR) is 86.7 cm³/mol. The summed E-state index contributed by atoms with van der Waals surface area (Å²) in [5, 5.41) is 0. The largest absolute Gasteiger partial charge is 0.354 e. The molecular formula is C18H27N3. The minimum absolute atomic E-state index is 0.901. The molecule has 0 N–H and O–H groups in total. The summed E-state index contributed by atoms with van der Waals surface area (Å²) in [6.07, 6.45) is 8.00. The lowest BCUT2D eigenvalue weighted by molar-refractivity contribution is 0.134. The van der Waals surface area contributed by atoms with E-state index in [9.17, 15) is 0 Å². The Morgan fingerprint density at radius 1 is 1.05 bits per heavy atom. The van der Waals surface area contributed by atoms with Crippen LogP contribution in [0.3, 0.4) is 0 Å². The van der Waals surface area contributed by atoms with Crippen LogP contribution in [0.2, 0.25) is 0 Å². The van der Waals surface area contributed by atoms with Crippen LogP contribution in [0.15, 0.2) is 12.3 Å². The van der Waals surface area contributed by atoms with Gasteiger partial charge < -0.3 is 4.90 Å². The molecule has 2 unspecified atom stereocenters. The number of rotatable bonds is 2. The summed E-state index contributed by atoms with van der Waals surface area (Å²) in [5.41, 5.74) is 2.58. The van der Waals surface area contributed by atoms with E-state index in [2.05, 4.69) is 34.7 Å². The van der Waals surface area contributed by atoms with E-state index in [1.165, 1.54) is 55.7 Å². The van der Waals surface area contributed by atoms with Gasteiger partial charge in [0.1, 0.15) is 5.82 Å². The van der Waals surface area contributed by atoms with Gasteiger partial charge in [0.15, 0.2) is 0 Å². The lowest BCUT2D eigenvalue weighted by atomic mass is 9.93. The normalized spacial score (nSPS) is 32.9. The number of aryl methyl sites for hydroxylation is 2. The van der Waals surface area contributed by atoms with Crippen LogP contribution in [-0.4, -0.2) is 42.1 Å². The van der Waals surface area contributed by atoms with Gasteiger partial charge in [0.25, 0.3) is 0 Å². The molecule has 2 heterocycles. The van der Waals surface area contributed by atoms with Crippen molar-refractivity contribution >= 4 is 5.82 Å². The molecule has 3 aliphatic rings. The second kappa shape index (κ2) is 5.28. The van der Waals surface area contributed by atoms with E-state index in [1.807, 2.05) is 6.20 Å². The second-order valence-corrected chi connectivity index (χ2v) is 7.42. The molecule has 0 spiro atoms. The summed E-state index contributed by atoms with van der Waals surface area (Å²) in [7, 11) is 0. The summed E-state index contributed by atoms with van der Waals surface area (Å²) in [6, 6.07) is 3.16. The molecule has 3 atom stereocenters. The molecule has 0 amide bonds. The maximum atomic E-state index is 4.67. The van der Waals surface area contributed by atoms with Crippen LogP contribution in [0.1, 0.15) is 36.8 Å². The molecule has 2 aliphatic carbocycles. The van der Waals surface area contributed by atoms with Gasteiger partial charge in [-0.2, -0.15) is 0 Å². The molecule has 3 nitrogen and oxygen atoms in total. The fraction of sp³-hybridized carbons (Fsp3) is 0.722. The number of pyridine rings is 1. The van der Waals surface area contributed by atoms with Crippen LogP contribution >= 0.6 is 0 Å². The fourth-order valence-corrected chi connectivity index (χ4v) is 4.96. The van der Waals surface area contributed by atoms with Gasteiger partial charge in [-0.3, -0.25) is 4.90 Å². The van der Waals surface area contributed by atoms with E-state index in [0.29, 0.717) is 0 Å². The number of hydrogen-bond acceptors (Lipinski definition) is 3. The van der Waals surface area contributed by atoms with Crippen molar-refractivity contribution in [3.8, 4) is 0 Å². The third kappa shape index (κ3) is 2.46. The topological polar surface area (TPSA) is 19.4 Å². The average Bonchev–Trinajstić information content (AvgIpc) is 3.10. The highest BCUT2D eigenvalue weighted by atomic mass is 15.3. The van der Waals surface area contributed by atoms with E-state index in [-0.39, 0.29) is 0 Å². The van der Waals surface area contributed by atoms with Crippen molar-refractivity contribution in [2.45, 2.75) is 45.6 Å². The van der Waals surface area contributed by atoms with Gasteiger partial charge in [0.05, 0.1) is 0 Å². The quantitative estimate of drug-likeness (QED) is 0.832. The Kier molecular flexibility index (Phi) is 3.41. The summed E-state index contributed by atoms with van der Waals surface area (Å²) < 4.78 is 0. The molecule has 0 aromatic carbocycles. The highest BCUT2D eigenvalue weighted by molar-refractivity contribution is 5.47. The van der Waals surface area contributed by atoms with Gasteiger partial charge in [-0.05, 0) is 56.1 Å². The Hall–Kier alpha value is -1.09. The SMILES string of the molecule is Cc1cnc(N2CCN([C@H]3CC4CCC3C4)CC2)c(C)c1. The van der Waals surface area contributed by atoms with Gasteiger partial charge >= 0.3 is 0 Å². The average molecular weight is 285 g/mol. The minimum Gasteiger partial charge on any atom is -0.354 e. The first-order valence-electron chi connectivity index (χ1n) is 8.63. The lowest BCUT2D eigenvalue weighted by Crippen LogP contribution is -2.52. The molecule has 114 valence electrons. The molecule has 1 aromatic rings. The Bertz CT molecular complexity index is 519. The smallest absolute Gasteiger partial charge is 0.131 e. The molecule has 2 saturated carbocycles. The van der Waals surface area contributed by atoms with Gasteiger partial charge in [0, 0.05) is 38.4 Å². The highest BCUT2D eigenvalue weighted by Crippen LogP contribution is 2.46. The summed E-state index contributed by atoms with van der Waals surface area (Å²) in [6.45, 7) is 9.05. The molecule has 3 heteroatoms. The third-order valence-electron chi connectivity index (χ3n) is 5.97. The first-order chi connectivity index (χ1) is 10.2. The number of anilines is 1. The number of piperazine rings is 1. The maximum absolute atomic E-state index is 4.67. The summed E-state index contributed by atoms with van der Waals surface area (Å²) in [4.78, 5) is 9.94. The fourth-order valence-electron chi connectivity index (χ4n) is 4.96. The molecule has 1 aromatic heterocycles. The van der Waals surface area contributed by atoms with Crippen molar-refractivity contribution < 1.29 is 0 Å². The standard InChI is InChI=1S/C18H27N3/c1-13-9-14(2)18(19-12-13)21-7-5-20(6-8-21)17-11-15-3-4-16(17)10-15/h9,12,15-17H,3-8,10-11H2,1-2H3/t15?,16?,17-/m0/s1. The van der Waals surface area contributed by atoms with E-state index in [4.69, 9.17) is 0 Å². The molecule has 1 saturated heterocycles. The molecule has 2 bridgehead atoms. The Balaban J connectivity index is 1.40. The number of aromatic nitrogens is 1. The summed E-state index contributed by atoms with van der Waals surface area (Å²) in [5.74, 6) is 3.27. The van der Waals surface area contributed by atoms with Crippen LogP contribution in [0.4, 0.5) is 5.82 Å². The van der Waals surface area contributed by atoms with Crippen molar-refractivity contribution in [1.82, 2.24) is 9.88 Å². The van der Waals surface area contributed by atoms with E-state index < -0.39 is 0 Å². The van der Waals surface area contributed by atoms with Crippen molar-refractivity contribution in [1.29, 1.82) is 0 Å². The molecular weight excluding hydrogens is 258 g/mol. The Labute approximate surface area is 128 Å². The van der Waals surface area contributed by atoms with Gasteiger partial charge in [-0.15, -0.1) is 0 Å². The van der Waals surface area contributed by atoms with Crippen molar-refractivity contribution in [2.75, 3.05) is 31.1 Å². The first-order valence-corrected chi connectivity index (χ1v) is 8.63. The molecule has 3 fully saturated rings. The van der Waals surface area contributed by atoms with E-state index in [1.54, 1.807) is 0 Å². The minimum atomic E-state index is 0.901. The lowest BCUT2D eigenvalue weighted by Gasteiger charge is -2.41. The Morgan fingerprint density at radius 3 is 2.48 bits per heavy atom. The van der Waals surface area contributed by atoms with E-state index in [0.717, 1.165) is 31.0 Å². The van der Waals surface area contributed by atoms with Crippen molar-refractivity contribution in [3.63, 3.8) is 0 Å². The zero-order valence-electron chi connectivity index (χ0n) is 13.4. The van der Waals surface area contributed by atoms with Crippen LogP contribution in [-0.2, 0) is 0 Å². The Morgan fingerprint density at radius 2 is 1.86 bits per heavy atom. The maximum Gasteiger partial charge on any atom is 0.131 e. The van der Waals surface area contributed by atoms with Gasteiger partial charge in [0.2, 0.25) is 0 Å². The van der Waals surface area contributed by atoms with Crippen molar-refractivity contribution in [3.05, 3.63) is 23.4 Å². The van der Waals surface area contributed by atoms with E-state index >= 15 is 0 Å². The number of fused-ring (bicyclic) bond motifs is 2. The second-order valence-electron chi connectivity index (χ2n) is 7.42. The predicted octanol–water partition coefficient (Wildman–Crippen LogP) is 3.01. The number of nitrogens with zero attached hydrogens (tertiary/aromatic N) is 3. The van der Waals surface area contributed by atoms with Crippen LogP contribution in [0.5, 0.6) is 0 Å². The number of hydrogen-bond donors (Lipinski definition) is 0. The summed E-state index contributed by atoms with van der Waals surface area (Å²) >= 11 is 0. The molecule has 4 rings (SSSR count). The van der Waals surface area contributed by atoms with Crippen molar-refractivity contribution in [2.24, 2.45) is 11.8 Å².